The summed E-state index contributed by atoms with van der Waals surface area (Å²) in [5, 5.41) is 4.14. The molecule has 1 amide bonds. The highest BCUT2D eigenvalue weighted by molar-refractivity contribution is 9.09. The molecular formula is C14H26BrNO. The predicted molar refractivity (Wildman–Crippen MR) is 76.3 cm³/mol. The minimum absolute atomic E-state index is 0.182. The van der Waals surface area contributed by atoms with E-state index in [4.69, 9.17) is 0 Å². The molecule has 1 N–H and O–H groups in total. The fourth-order valence-electron chi connectivity index (χ4n) is 2.61. The van der Waals surface area contributed by atoms with Gasteiger partial charge in [0.1, 0.15) is 0 Å². The lowest BCUT2D eigenvalue weighted by Gasteiger charge is -2.29. The maximum atomic E-state index is 12.2. The average Bonchev–Trinajstić information content (AvgIpc) is 2.55. The van der Waals surface area contributed by atoms with Crippen LogP contribution in [-0.4, -0.2) is 17.8 Å². The highest BCUT2D eigenvalue weighted by atomic mass is 79.9. The number of amides is 1. The molecule has 0 bridgehead atoms. The Hall–Kier alpha value is -0.0500. The summed E-state index contributed by atoms with van der Waals surface area (Å²) in [5.74, 6) is 0.470. The molecule has 0 saturated heterocycles. The second-order valence-electron chi connectivity index (χ2n) is 6.75. The highest BCUT2D eigenvalue weighted by Crippen LogP contribution is 2.42. The van der Waals surface area contributed by atoms with E-state index in [9.17, 15) is 4.79 Å². The van der Waals surface area contributed by atoms with Crippen LogP contribution in [0.5, 0.6) is 0 Å². The van der Waals surface area contributed by atoms with Crippen LogP contribution >= 0.6 is 15.9 Å². The molecule has 0 radical (unpaired) electrons. The summed E-state index contributed by atoms with van der Waals surface area (Å²) in [6, 6.07) is 0. The van der Waals surface area contributed by atoms with E-state index >= 15 is 0 Å². The summed E-state index contributed by atoms with van der Waals surface area (Å²) in [6.07, 6.45) is 4.50. The maximum Gasteiger partial charge on any atom is 0.223 e. The van der Waals surface area contributed by atoms with Crippen molar-refractivity contribution in [1.82, 2.24) is 5.32 Å². The van der Waals surface area contributed by atoms with Gasteiger partial charge in [0.25, 0.3) is 0 Å². The highest BCUT2D eigenvalue weighted by Gasteiger charge is 2.39. The van der Waals surface area contributed by atoms with E-state index in [2.05, 4.69) is 48.9 Å². The van der Waals surface area contributed by atoms with Gasteiger partial charge in [-0.2, -0.15) is 0 Å². The minimum atomic E-state index is 0.182. The molecule has 1 unspecified atom stereocenters. The summed E-state index contributed by atoms with van der Waals surface area (Å²) in [6.45, 7) is 9.62. The van der Waals surface area contributed by atoms with E-state index in [0.29, 0.717) is 0 Å². The molecule has 1 saturated carbocycles. The molecule has 2 nitrogen and oxygen atoms in total. The molecule has 17 heavy (non-hydrogen) atoms. The smallest absolute Gasteiger partial charge is 0.223 e. The first-order valence-electron chi connectivity index (χ1n) is 6.62. The second-order valence-corrected chi connectivity index (χ2v) is 7.55. The van der Waals surface area contributed by atoms with Crippen LogP contribution in [0.2, 0.25) is 0 Å². The van der Waals surface area contributed by atoms with Gasteiger partial charge < -0.3 is 5.32 Å². The van der Waals surface area contributed by atoms with Crippen LogP contribution in [0.3, 0.4) is 0 Å². The number of carbonyl (C=O) groups is 1. The van der Waals surface area contributed by atoms with Crippen LogP contribution in [0.15, 0.2) is 0 Å². The predicted octanol–water partition coefficient (Wildman–Crippen LogP) is 3.74. The fourth-order valence-corrected chi connectivity index (χ4v) is 3.68. The molecule has 1 fully saturated rings. The molecule has 0 aromatic heterocycles. The second kappa shape index (κ2) is 5.73. The van der Waals surface area contributed by atoms with Gasteiger partial charge in [-0.3, -0.25) is 4.79 Å². The first-order chi connectivity index (χ1) is 7.78. The molecule has 0 aromatic carbocycles. The van der Waals surface area contributed by atoms with Crippen LogP contribution in [-0.2, 0) is 4.79 Å². The van der Waals surface area contributed by atoms with Gasteiger partial charge in [0.05, 0.1) is 0 Å². The summed E-state index contributed by atoms with van der Waals surface area (Å²) in [4.78, 5) is 12.2. The van der Waals surface area contributed by atoms with Gasteiger partial charge in [0.15, 0.2) is 0 Å². The molecule has 0 heterocycles. The quantitative estimate of drug-likeness (QED) is 0.770. The SMILES string of the molecule is CC(C)(CCBr)CNC(=O)C1CCCC1(C)C. The van der Waals surface area contributed by atoms with E-state index in [1.165, 1.54) is 12.8 Å². The molecule has 0 aromatic rings. The third kappa shape index (κ3) is 4.27. The van der Waals surface area contributed by atoms with Crippen molar-refractivity contribution in [2.24, 2.45) is 16.7 Å². The Morgan fingerprint density at radius 2 is 2.12 bits per heavy atom. The number of halogens is 1. The van der Waals surface area contributed by atoms with E-state index < -0.39 is 0 Å². The van der Waals surface area contributed by atoms with Crippen molar-refractivity contribution in [2.75, 3.05) is 11.9 Å². The van der Waals surface area contributed by atoms with Crippen molar-refractivity contribution < 1.29 is 4.79 Å². The zero-order valence-electron chi connectivity index (χ0n) is 11.6. The Kier molecular flexibility index (Phi) is 5.06. The monoisotopic (exact) mass is 303 g/mol. The van der Waals surface area contributed by atoms with E-state index in [1.807, 2.05) is 0 Å². The van der Waals surface area contributed by atoms with Gasteiger partial charge in [-0.15, -0.1) is 0 Å². The van der Waals surface area contributed by atoms with Crippen LogP contribution in [0, 0.1) is 16.7 Å². The molecule has 1 aliphatic carbocycles. The van der Waals surface area contributed by atoms with Crippen molar-refractivity contribution in [1.29, 1.82) is 0 Å². The molecule has 1 atom stereocenters. The maximum absolute atomic E-state index is 12.2. The molecule has 1 rings (SSSR count). The molecule has 0 aliphatic heterocycles. The molecule has 1 aliphatic rings. The lowest BCUT2D eigenvalue weighted by atomic mass is 9.81. The Bertz CT molecular complexity index is 273. The number of hydrogen-bond donors (Lipinski definition) is 1. The summed E-state index contributed by atoms with van der Waals surface area (Å²) in [7, 11) is 0. The molecule has 3 heteroatoms. The largest absolute Gasteiger partial charge is 0.355 e. The van der Waals surface area contributed by atoms with Gasteiger partial charge in [0, 0.05) is 17.8 Å². The third-order valence-corrected chi connectivity index (χ3v) is 4.48. The first-order valence-corrected chi connectivity index (χ1v) is 7.74. The lowest BCUT2D eigenvalue weighted by Crippen LogP contribution is -2.40. The van der Waals surface area contributed by atoms with Crippen LogP contribution in [0.1, 0.15) is 53.4 Å². The lowest BCUT2D eigenvalue weighted by molar-refractivity contribution is -0.128. The van der Waals surface area contributed by atoms with Crippen molar-refractivity contribution in [3.63, 3.8) is 0 Å². The number of nitrogens with one attached hydrogen (secondary N) is 1. The Morgan fingerprint density at radius 1 is 1.47 bits per heavy atom. The Balaban J connectivity index is 2.45. The van der Waals surface area contributed by atoms with Gasteiger partial charge in [-0.25, -0.2) is 0 Å². The van der Waals surface area contributed by atoms with Gasteiger partial charge in [0.2, 0.25) is 5.91 Å². The molecule has 0 spiro atoms. The van der Waals surface area contributed by atoms with Crippen molar-refractivity contribution in [3.05, 3.63) is 0 Å². The molecular weight excluding hydrogens is 278 g/mol. The third-order valence-electron chi connectivity index (χ3n) is 4.09. The van der Waals surface area contributed by atoms with Gasteiger partial charge >= 0.3 is 0 Å². The van der Waals surface area contributed by atoms with Crippen molar-refractivity contribution >= 4 is 21.8 Å². The van der Waals surface area contributed by atoms with Crippen LogP contribution in [0.25, 0.3) is 0 Å². The summed E-state index contributed by atoms with van der Waals surface area (Å²) in [5.41, 5.74) is 0.367. The van der Waals surface area contributed by atoms with E-state index in [-0.39, 0.29) is 22.7 Å². The Labute approximate surface area is 114 Å². The minimum Gasteiger partial charge on any atom is -0.355 e. The fraction of sp³-hybridized carbons (Fsp3) is 0.929. The number of carbonyl (C=O) groups excluding carboxylic acids is 1. The van der Waals surface area contributed by atoms with Crippen LogP contribution < -0.4 is 5.32 Å². The van der Waals surface area contributed by atoms with E-state index in [1.54, 1.807) is 0 Å². The normalized spacial score (nSPS) is 23.7. The Morgan fingerprint density at radius 3 is 2.59 bits per heavy atom. The van der Waals surface area contributed by atoms with Crippen molar-refractivity contribution in [3.8, 4) is 0 Å². The van der Waals surface area contributed by atoms with Gasteiger partial charge in [-0.05, 0) is 30.1 Å². The summed E-state index contributed by atoms with van der Waals surface area (Å²) >= 11 is 3.46. The van der Waals surface area contributed by atoms with Gasteiger partial charge in [-0.1, -0.05) is 50.0 Å². The topological polar surface area (TPSA) is 29.1 Å². The average molecular weight is 304 g/mol. The number of hydrogen-bond acceptors (Lipinski definition) is 1. The molecule has 100 valence electrons. The first kappa shape index (κ1) is 15.0. The zero-order valence-corrected chi connectivity index (χ0v) is 13.2. The van der Waals surface area contributed by atoms with Crippen molar-refractivity contribution in [2.45, 2.75) is 53.4 Å². The number of alkyl halides is 1. The standard InChI is InChI=1S/C14H26BrNO/c1-13(2,8-9-15)10-16-12(17)11-6-5-7-14(11,3)4/h11H,5-10H2,1-4H3,(H,16,17). The zero-order chi connectivity index (χ0) is 13.1. The van der Waals surface area contributed by atoms with E-state index in [0.717, 1.165) is 24.7 Å². The number of rotatable bonds is 5. The summed E-state index contributed by atoms with van der Waals surface area (Å²) < 4.78 is 0. The van der Waals surface area contributed by atoms with Crippen LogP contribution in [0.4, 0.5) is 0 Å².